The normalized spacial score (nSPS) is 16.2. The highest BCUT2D eigenvalue weighted by molar-refractivity contribution is 5.86. The highest BCUT2D eigenvalue weighted by Gasteiger charge is 2.37. The maximum atomic E-state index is 13.3. The maximum Gasteiger partial charge on any atom is 0.412 e. The Labute approximate surface area is 221 Å². The number of carbonyl (C=O) groups is 3. The fraction of sp³-hybridized carbons (Fsp3) is 0.300. The molecule has 2 N–H and O–H groups in total. The minimum atomic E-state index is -1.10. The van der Waals surface area contributed by atoms with Crippen LogP contribution in [-0.2, 0) is 27.2 Å². The van der Waals surface area contributed by atoms with Gasteiger partial charge in [-0.05, 0) is 66.3 Å². The van der Waals surface area contributed by atoms with E-state index in [-0.39, 0.29) is 25.5 Å². The van der Waals surface area contributed by atoms with Crippen LogP contribution in [-0.4, -0.2) is 46.4 Å². The van der Waals surface area contributed by atoms with Crippen LogP contribution >= 0.6 is 0 Å². The van der Waals surface area contributed by atoms with E-state index < -0.39 is 29.8 Å². The number of ether oxygens (including phenoxy) is 2. The Morgan fingerprint density at radius 1 is 0.947 bits per heavy atom. The predicted octanol–water partition coefficient (Wildman–Crippen LogP) is 5.79. The van der Waals surface area contributed by atoms with Crippen LogP contribution in [0.1, 0.15) is 48.9 Å². The zero-order valence-electron chi connectivity index (χ0n) is 21.6. The number of amides is 2. The first-order chi connectivity index (χ1) is 18.1. The van der Waals surface area contributed by atoms with Crippen molar-refractivity contribution in [1.82, 2.24) is 4.90 Å². The first-order valence-electron chi connectivity index (χ1n) is 12.6. The van der Waals surface area contributed by atoms with Gasteiger partial charge in [0.15, 0.2) is 0 Å². The third-order valence-electron chi connectivity index (χ3n) is 6.84. The maximum absolute atomic E-state index is 13.3. The Kier molecular flexibility index (Phi) is 6.57. The number of nitrogens with zero attached hydrogens (tertiary/aromatic N) is 1. The smallest absolute Gasteiger partial charge is 0.412 e. The molecule has 1 aliphatic carbocycles. The Hall–Kier alpha value is -4.33. The number of nitrogens with one attached hydrogen (secondary N) is 1. The summed E-state index contributed by atoms with van der Waals surface area (Å²) in [6.45, 7) is 5.48. The van der Waals surface area contributed by atoms with Crippen molar-refractivity contribution in [3.63, 3.8) is 0 Å². The molecule has 5 rings (SSSR count). The number of fused-ring (bicyclic) bond motifs is 4. The number of hydrogen-bond donors (Lipinski definition) is 2. The Morgan fingerprint density at radius 3 is 2.18 bits per heavy atom. The highest BCUT2D eigenvalue weighted by Crippen LogP contribution is 2.44. The van der Waals surface area contributed by atoms with Gasteiger partial charge in [-0.25, -0.2) is 14.4 Å². The van der Waals surface area contributed by atoms with E-state index >= 15 is 0 Å². The van der Waals surface area contributed by atoms with E-state index in [9.17, 15) is 19.5 Å². The topological polar surface area (TPSA) is 105 Å². The van der Waals surface area contributed by atoms with Crippen molar-refractivity contribution in [2.45, 2.75) is 51.3 Å². The number of aliphatic carboxylic acids is 1. The number of carbonyl (C=O) groups excluding carboxylic acids is 2. The minimum absolute atomic E-state index is 0.0484. The third kappa shape index (κ3) is 5.07. The molecular weight excluding hydrogens is 484 g/mol. The van der Waals surface area contributed by atoms with Crippen molar-refractivity contribution in [2.24, 2.45) is 0 Å². The molecule has 0 aromatic heterocycles. The van der Waals surface area contributed by atoms with E-state index in [0.717, 1.165) is 33.4 Å². The number of carboxylic acid groups (broad SMARTS) is 1. The first kappa shape index (κ1) is 25.3. The van der Waals surface area contributed by atoms with Gasteiger partial charge in [-0.1, -0.05) is 54.6 Å². The van der Waals surface area contributed by atoms with Crippen LogP contribution < -0.4 is 5.32 Å². The summed E-state index contributed by atoms with van der Waals surface area (Å²) >= 11 is 0. The zero-order chi connectivity index (χ0) is 27.0. The molecule has 0 saturated carbocycles. The van der Waals surface area contributed by atoms with Gasteiger partial charge in [-0.15, -0.1) is 0 Å². The van der Waals surface area contributed by atoms with Crippen LogP contribution in [0.15, 0.2) is 66.7 Å². The largest absolute Gasteiger partial charge is 0.480 e. The summed E-state index contributed by atoms with van der Waals surface area (Å²) in [7, 11) is 0. The minimum Gasteiger partial charge on any atom is -0.480 e. The fourth-order valence-electron chi connectivity index (χ4n) is 5.17. The van der Waals surface area contributed by atoms with Crippen LogP contribution in [0, 0.1) is 0 Å². The van der Waals surface area contributed by atoms with Crippen LogP contribution in [0.4, 0.5) is 15.3 Å². The quantitative estimate of drug-likeness (QED) is 0.456. The molecule has 8 nitrogen and oxygen atoms in total. The molecule has 1 heterocycles. The lowest BCUT2D eigenvalue weighted by atomic mass is 9.93. The van der Waals surface area contributed by atoms with Crippen LogP contribution in [0.3, 0.4) is 0 Å². The van der Waals surface area contributed by atoms with Gasteiger partial charge in [-0.2, -0.15) is 0 Å². The standard InChI is InChI=1S/C30H30N2O6/c1-30(2,3)38-28(35)31-20-13-12-18-15-26(27(33)34)32(16-19(18)14-20)29(36)37-17-25-23-10-6-4-8-21(23)22-9-5-7-11-24(22)25/h4-14,25-26H,15-17H2,1-3H3,(H,31,35)(H,33,34). The molecule has 2 aliphatic rings. The second kappa shape index (κ2) is 9.85. The van der Waals surface area contributed by atoms with Crippen LogP contribution in [0.5, 0.6) is 0 Å². The molecule has 1 atom stereocenters. The van der Waals surface area contributed by atoms with E-state index in [1.807, 2.05) is 36.4 Å². The number of rotatable bonds is 4. The Bertz CT molecular complexity index is 1360. The molecule has 1 aliphatic heterocycles. The molecule has 3 aromatic carbocycles. The van der Waals surface area contributed by atoms with Gasteiger partial charge >= 0.3 is 18.2 Å². The summed E-state index contributed by atoms with van der Waals surface area (Å²) in [5.41, 5.74) is 5.79. The lowest BCUT2D eigenvalue weighted by Crippen LogP contribution is -2.49. The third-order valence-corrected chi connectivity index (χ3v) is 6.84. The van der Waals surface area contributed by atoms with Crippen molar-refractivity contribution in [3.8, 4) is 11.1 Å². The van der Waals surface area contributed by atoms with E-state index in [1.54, 1.807) is 39.0 Å². The Balaban J connectivity index is 1.33. The summed E-state index contributed by atoms with van der Waals surface area (Å²) in [4.78, 5) is 38.8. The average molecular weight is 515 g/mol. The summed E-state index contributed by atoms with van der Waals surface area (Å²) < 4.78 is 11.1. The van der Waals surface area contributed by atoms with E-state index in [1.165, 1.54) is 4.90 Å². The lowest BCUT2D eigenvalue weighted by Gasteiger charge is -2.34. The number of hydrogen-bond acceptors (Lipinski definition) is 5. The van der Waals surface area contributed by atoms with E-state index in [4.69, 9.17) is 9.47 Å². The molecule has 0 fully saturated rings. The summed E-state index contributed by atoms with van der Waals surface area (Å²) in [5.74, 6) is -1.23. The van der Waals surface area contributed by atoms with E-state index in [0.29, 0.717) is 5.69 Å². The monoisotopic (exact) mass is 514 g/mol. The number of anilines is 1. The van der Waals surface area contributed by atoms with Crippen LogP contribution in [0.25, 0.3) is 11.1 Å². The number of benzene rings is 3. The molecule has 196 valence electrons. The molecule has 0 bridgehead atoms. The van der Waals surface area contributed by atoms with Crippen molar-refractivity contribution in [3.05, 3.63) is 89.0 Å². The molecule has 1 unspecified atom stereocenters. The second-order valence-corrected chi connectivity index (χ2v) is 10.6. The van der Waals surface area contributed by atoms with Crippen molar-refractivity contribution in [1.29, 1.82) is 0 Å². The van der Waals surface area contributed by atoms with Gasteiger partial charge in [0, 0.05) is 18.0 Å². The molecular formula is C30H30N2O6. The molecule has 2 amide bonds. The van der Waals surface area contributed by atoms with Gasteiger partial charge < -0.3 is 14.6 Å². The molecule has 8 heteroatoms. The van der Waals surface area contributed by atoms with Crippen molar-refractivity contribution in [2.75, 3.05) is 11.9 Å². The van der Waals surface area contributed by atoms with Crippen molar-refractivity contribution >= 4 is 23.8 Å². The van der Waals surface area contributed by atoms with Gasteiger partial charge in [0.1, 0.15) is 18.2 Å². The molecule has 38 heavy (non-hydrogen) atoms. The van der Waals surface area contributed by atoms with Gasteiger partial charge in [-0.3, -0.25) is 10.2 Å². The second-order valence-electron chi connectivity index (χ2n) is 10.6. The summed E-state index contributed by atoms with van der Waals surface area (Å²) in [5, 5.41) is 12.6. The molecule has 0 saturated heterocycles. The zero-order valence-corrected chi connectivity index (χ0v) is 21.6. The lowest BCUT2D eigenvalue weighted by molar-refractivity contribution is -0.143. The SMILES string of the molecule is CC(C)(C)OC(=O)Nc1ccc2c(c1)CN(C(=O)OCC1c3ccccc3-c3ccccc31)C(C(=O)O)C2. The number of carboxylic acids is 1. The van der Waals surface area contributed by atoms with Crippen molar-refractivity contribution < 1.29 is 29.0 Å². The van der Waals surface area contributed by atoms with E-state index in [2.05, 4.69) is 17.4 Å². The van der Waals surface area contributed by atoms with Gasteiger partial charge in [0.25, 0.3) is 0 Å². The Morgan fingerprint density at radius 2 is 1.58 bits per heavy atom. The predicted molar refractivity (Wildman–Crippen MR) is 142 cm³/mol. The van der Waals surface area contributed by atoms with Gasteiger partial charge in [0.05, 0.1) is 6.54 Å². The summed E-state index contributed by atoms with van der Waals surface area (Å²) in [6.07, 6.45) is -1.14. The molecule has 0 radical (unpaired) electrons. The first-order valence-corrected chi connectivity index (χ1v) is 12.6. The summed E-state index contributed by atoms with van der Waals surface area (Å²) in [6, 6.07) is 20.2. The van der Waals surface area contributed by atoms with Crippen LogP contribution in [0.2, 0.25) is 0 Å². The molecule has 0 spiro atoms. The van der Waals surface area contributed by atoms with Gasteiger partial charge in [0.2, 0.25) is 0 Å². The highest BCUT2D eigenvalue weighted by atomic mass is 16.6. The molecule has 3 aromatic rings. The fourth-order valence-corrected chi connectivity index (χ4v) is 5.17. The average Bonchev–Trinajstić information content (AvgIpc) is 3.19.